The second-order valence-electron chi connectivity index (χ2n) is 4.25. The number of nitrogens with one attached hydrogen (secondary N) is 2. The first-order valence-electron chi connectivity index (χ1n) is 6.53. The lowest BCUT2D eigenvalue weighted by molar-refractivity contribution is 0.100. The van der Waals surface area contributed by atoms with Crippen molar-refractivity contribution in [2.24, 2.45) is 5.11 Å². The molecule has 0 bridgehead atoms. The van der Waals surface area contributed by atoms with E-state index >= 15 is 0 Å². The molecule has 0 atom stereocenters. The highest BCUT2D eigenvalue weighted by Gasteiger charge is 1.98. The van der Waals surface area contributed by atoms with Crippen LogP contribution in [0.3, 0.4) is 0 Å². The van der Waals surface area contributed by atoms with Crippen molar-refractivity contribution in [1.29, 1.82) is 0 Å². The molecule has 0 fully saturated rings. The molecule has 114 valence electrons. The van der Waals surface area contributed by atoms with Crippen LogP contribution in [0, 0.1) is 4.77 Å². The van der Waals surface area contributed by atoms with Gasteiger partial charge in [0.1, 0.15) is 0 Å². The molecule has 23 heavy (non-hydrogen) atoms. The van der Waals surface area contributed by atoms with E-state index in [0.29, 0.717) is 10.3 Å². The number of carbonyl (C=O) groups excluding carboxylic acids is 1. The summed E-state index contributed by atoms with van der Waals surface area (Å²) in [7, 11) is 0. The van der Waals surface area contributed by atoms with Crippen molar-refractivity contribution < 1.29 is 4.79 Å². The maximum absolute atomic E-state index is 10.8. The smallest absolute Gasteiger partial charge is 0.249 e. The molecule has 8 heteroatoms. The SMILES string of the molecule is S=c1[nH]cc(-c2ccncc2)[nH]1.[N-]=[N+]=NC(=O)c1ccccc1. The highest BCUT2D eigenvalue weighted by atomic mass is 32.1. The summed E-state index contributed by atoms with van der Waals surface area (Å²) in [5.74, 6) is -0.548. The first-order chi connectivity index (χ1) is 11.2. The number of pyridine rings is 1. The summed E-state index contributed by atoms with van der Waals surface area (Å²) in [5.41, 5.74) is 10.4. The Hall–Kier alpha value is -3.22. The molecule has 2 aromatic heterocycles. The van der Waals surface area contributed by atoms with Crippen LogP contribution in [0.4, 0.5) is 0 Å². The number of amides is 1. The lowest BCUT2D eigenvalue weighted by atomic mass is 10.2. The fourth-order valence-corrected chi connectivity index (χ4v) is 1.87. The van der Waals surface area contributed by atoms with E-state index in [2.05, 4.69) is 25.0 Å². The average Bonchev–Trinajstić information content (AvgIpc) is 3.04. The molecule has 2 heterocycles. The second kappa shape index (κ2) is 8.28. The van der Waals surface area contributed by atoms with Gasteiger partial charge in [-0.2, -0.15) is 0 Å². The Labute approximate surface area is 136 Å². The van der Waals surface area contributed by atoms with Crippen molar-refractivity contribution in [2.45, 2.75) is 0 Å². The summed E-state index contributed by atoms with van der Waals surface area (Å²) in [6.45, 7) is 0. The summed E-state index contributed by atoms with van der Waals surface area (Å²) in [4.78, 5) is 23.1. The number of benzene rings is 1. The van der Waals surface area contributed by atoms with Crippen molar-refractivity contribution in [3.8, 4) is 11.3 Å². The molecule has 0 saturated heterocycles. The third-order valence-electron chi connectivity index (χ3n) is 2.74. The van der Waals surface area contributed by atoms with Gasteiger partial charge in [-0.05, 0) is 35.0 Å². The Kier molecular flexibility index (Phi) is 5.81. The number of aromatic nitrogens is 3. The molecule has 0 unspecified atom stereocenters. The van der Waals surface area contributed by atoms with Crippen molar-refractivity contribution in [1.82, 2.24) is 15.0 Å². The first-order valence-corrected chi connectivity index (χ1v) is 6.94. The van der Waals surface area contributed by atoms with E-state index in [0.717, 1.165) is 11.3 Å². The monoisotopic (exact) mass is 324 g/mol. The molecule has 3 aromatic rings. The molecular weight excluding hydrogens is 312 g/mol. The van der Waals surface area contributed by atoms with Crippen LogP contribution in [0.15, 0.2) is 66.2 Å². The summed E-state index contributed by atoms with van der Waals surface area (Å²) in [6, 6.07) is 12.2. The predicted octanol–water partition coefficient (Wildman–Crippen LogP) is 4.27. The molecule has 1 aromatic carbocycles. The van der Waals surface area contributed by atoms with Gasteiger partial charge in [0.2, 0.25) is 5.91 Å². The number of aromatic amines is 2. The number of carbonyl (C=O) groups is 1. The van der Waals surface area contributed by atoms with E-state index in [-0.39, 0.29) is 0 Å². The van der Waals surface area contributed by atoms with Gasteiger partial charge in [0.05, 0.1) is 5.69 Å². The molecule has 0 saturated carbocycles. The third-order valence-corrected chi connectivity index (χ3v) is 2.96. The molecule has 7 nitrogen and oxygen atoms in total. The Morgan fingerprint density at radius 1 is 1.17 bits per heavy atom. The standard InChI is InChI=1S/C8H7N3S.C7H5N3O/c12-8-10-5-7(11-8)6-1-3-9-4-2-6;8-10-9-7(11)6-4-2-1-3-5-6/h1-5H,(H2,10,11,12);1-5H. The van der Waals surface area contributed by atoms with Crippen LogP contribution < -0.4 is 0 Å². The zero-order valence-electron chi connectivity index (χ0n) is 11.9. The number of imidazole rings is 1. The van der Waals surface area contributed by atoms with Crippen molar-refractivity contribution >= 4 is 18.1 Å². The molecule has 0 radical (unpaired) electrons. The largest absolute Gasteiger partial charge is 0.337 e. The number of hydrogen-bond acceptors (Lipinski definition) is 3. The summed E-state index contributed by atoms with van der Waals surface area (Å²) in [5, 5.41) is 2.94. The van der Waals surface area contributed by atoms with E-state index in [1.54, 1.807) is 42.7 Å². The van der Waals surface area contributed by atoms with Crippen molar-refractivity contribution in [3.63, 3.8) is 0 Å². The minimum absolute atomic E-state index is 0.408. The zero-order valence-corrected chi connectivity index (χ0v) is 12.7. The number of H-pyrrole nitrogens is 2. The number of rotatable bonds is 2. The van der Waals surface area contributed by atoms with Crippen LogP contribution in [0.5, 0.6) is 0 Å². The maximum Gasteiger partial charge on any atom is 0.249 e. The number of nitrogens with zero attached hydrogens (tertiary/aromatic N) is 4. The van der Waals surface area contributed by atoms with E-state index in [4.69, 9.17) is 17.7 Å². The lowest BCUT2D eigenvalue weighted by Crippen LogP contribution is -1.90. The second-order valence-corrected chi connectivity index (χ2v) is 4.66. The van der Waals surface area contributed by atoms with E-state index < -0.39 is 5.91 Å². The van der Waals surface area contributed by atoms with Gasteiger partial charge in [-0.15, -0.1) is 0 Å². The van der Waals surface area contributed by atoms with Gasteiger partial charge in [-0.3, -0.25) is 9.78 Å². The molecule has 0 spiro atoms. The highest BCUT2D eigenvalue weighted by Crippen LogP contribution is 2.13. The van der Waals surface area contributed by atoms with Crippen LogP contribution in [-0.4, -0.2) is 20.9 Å². The van der Waals surface area contributed by atoms with Gasteiger partial charge in [0.15, 0.2) is 4.77 Å². The van der Waals surface area contributed by atoms with Gasteiger partial charge in [-0.1, -0.05) is 30.3 Å². The van der Waals surface area contributed by atoms with Crippen LogP contribution >= 0.6 is 12.2 Å². The Balaban J connectivity index is 0.000000168. The van der Waals surface area contributed by atoms with Gasteiger partial charge in [0.25, 0.3) is 0 Å². The Morgan fingerprint density at radius 3 is 2.43 bits per heavy atom. The van der Waals surface area contributed by atoms with Gasteiger partial charge >= 0.3 is 0 Å². The fraction of sp³-hybridized carbons (Fsp3) is 0. The molecule has 2 N–H and O–H groups in total. The van der Waals surface area contributed by atoms with Crippen LogP contribution in [0.2, 0.25) is 0 Å². The molecular formula is C15H12N6OS. The minimum Gasteiger partial charge on any atom is -0.337 e. The van der Waals surface area contributed by atoms with Gasteiger partial charge < -0.3 is 9.97 Å². The molecule has 0 aliphatic carbocycles. The third kappa shape index (κ3) is 4.92. The molecule has 0 aliphatic heterocycles. The van der Waals surface area contributed by atoms with Crippen molar-refractivity contribution in [2.75, 3.05) is 0 Å². The van der Waals surface area contributed by atoms with Crippen LogP contribution in [-0.2, 0) is 0 Å². The highest BCUT2D eigenvalue weighted by molar-refractivity contribution is 7.71. The van der Waals surface area contributed by atoms with Gasteiger partial charge in [0, 0.05) is 34.6 Å². The average molecular weight is 324 g/mol. The van der Waals surface area contributed by atoms with E-state index in [9.17, 15) is 4.79 Å². The summed E-state index contributed by atoms with van der Waals surface area (Å²) in [6.07, 6.45) is 5.34. The summed E-state index contributed by atoms with van der Waals surface area (Å²) < 4.78 is 0.641. The van der Waals surface area contributed by atoms with Crippen LogP contribution in [0.1, 0.15) is 10.4 Å². The topological polar surface area (TPSA) is 110 Å². The van der Waals surface area contributed by atoms with E-state index in [1.807, 2.05) is 18.3 Å². The maximum atomic E-state index is 10.8. The zero-order chi connectivity index (χ0) is 16.5. The van der Waals surface area contributed by atoms with Gasteiger partial charge in [-0.25, -0.2) is 0 Å². The molecule has 3 rings (SSSR count). The summed E-state index contributed by atoms with van der Waals surface area (Å²) >= 11 is 4.91. The minimum atomic E-state index is -0.548. The number of hydrogen-bond donors (Lipinski definition) is 2. The molecule has 0 aliphatic rings. The Morgan fingerprint density at radius 2 is 1.87 bits per heavy atom. The van der Waals surface area contributed by atoms with Crippen LogP contribution in [0.25, 0.3) is 21.7 Å². The molecule has 1 amide bonds. The van der Waals surface area contributed by atoms with Crippen molar-refractivity contribution in [3.05, 3.63) is 81.8 Å². The first kappa shape index (κ1) is 16.2. The van der Waals surface area contributed by atoms with E-state index in [1.165, 1.54) is 0 Å². The predicted molar refractivity (Wildman–Crippen MR) is 89.1 cm³/mol. The normalized spacial score (nSPS) is 9.22. The lowest BCUT2D eigenvalue weighted by Gasteiger charge is -1.93. The number of azide groups is 1. The Bertz CT molecular complexity index is 865. The quantitative estimate of drug-likeness (QED) is 0.318. The fourth-order valence-electron chi connectivity index (χ4n) is 1.70.